The third-order valence-electron chi connectivity index (χ3n) is 4.79. The normalized spacial score (nSPS) is 18.3. The van der Waals surface area contributed by atoms with Crippen LogP contribution in [0, 0.1) is 0 Å². The fraction of sp³-hybridized carbons (Fsp3) is 0.524. The highest BCUT2D eigenvalue weighted by molar-refractivity contribution is 6.32. The van der Waals surface area contributed by atoms with Crippen molar-refractivity contribution in [2.45, 2.75) is 45.1 Å². The maximum Gasteiger partial charge on any atom is 0.331 e. The van der Waals surface area contributed by atoms with Crippen LogP contribution < -0.4 is 9.47 Å². The summed E-state index contributed by atoms with van der Waals surface area (Å²) in [6.45, 7) is 4.17. The van der Waals surface area contributed by atoms with Crippen molar-refractivity contribution in [2.24, 2.45) is 0 Å². The molecule has 2 aliphatic heterocycles. The van der Waals surface area contributed by atoms with Gasteiger partial charge in [0.05, 0.1) is 18.2 Å². The van der Waals surface area contributed by atoms with Gasteiger partial charge in [-0.2, -0.15) is 0 Å². The van der Waals surface area contributed by atoms with Crippen LogP contribution in [0.4, 0.5) is 0 Å². The van der Waals surface area contributed by atoms with Gasteiger partial charge in [-0.15, -0.1) is 0 Å². The van der Waals surface area contributed by atoms with E-state index in [9.17, 15) is 9.59 Å². The first-order valence-corrected chi connectivity index (χ1v) is 10.2. The molecule has 152 valence electrons. The highest BCUT2D eigenvalue weighted by Crippen LogP contribution is 2.38. The summed E-state index contributed by atoms with van der Waals surface area (Å²) in [5.41, 5.74) is 0.692. The summed E-state index contributed by atoms with van der Waals surface area (Å²) in [5, 5.41) is 0.428. The highest BCUT2D eigenvalue weighted by Gasteiger charge is 2.23. The Morgan fingerprint density at radius 3 is 2.57 bits per heavy atom. The van der Waals surface area contributed by atoms with E-state index in [1.165, 1.54) is 6.08 Å². The number of hydrogen-bond donors (Lipinski definition) is 0. The van der Waals surface area contributed by atoms with Crippen molar-refractivity contribution in [2.75, 3.05) is 26.3 Å². The monoisotopic (exact) mass is 407 g/mol. The Labute approximate surface area is 170 Å². The van der Waals surface area contributed by atoms with Gasteiger partial charge in [-0.3, -0.25) is 4.79 Å². The summed E-state index contributed by atoms with van der Waals surface area (Å²) >= 11 is 6.26. The quantitative estimate of drug-likeness (QED) is 0.560. The first-order valence-electron chi connectivity index (χ1n) is 9.81. The molecule has 0 unspecified atom stereocenters. The predicted molar refractivity (Wildman–Crippen MR) is 107 cm³/mol. The molecule has 1 amide bonds. The number of carbonyl (C=O) groups excluding carboxylic acids is 2. The van der Waals surface area contributed by atoms with Gasteiger partial charge in [0.1, 0.15) is 0 Å². The number of carbonyl (C=O) groups is 2. The summed E-state index contributed by atoms with van der Waals surface area (Å²) in [4.78, 5) is 26.4. The Morgan fingerprint density at radius 1 is 1.11 bits per heavy atom. The van der Waals surface area contributed by atoms with Gasteiger partial charge in [0.2, 0.25) is 0 Å². The number of esters is 1. The highest BCUT2D eigenvalue weighted by atomic mass is 35.5. The van der Waals surface area contributed by atoms with Gasteiger partial charge in [-0.1, -0.05) is 24.4 Å². The molecule has 0 bridgehead atoms. The summed E-state index contributed by atoms with van der Waals surface area (Å²) in [6, 6.07) is 3.47. The van der Waals surface area contributed by atoms with Gasteiger partial charge in [0, 0.05) is 25.6 Å². The average Bonchev–Trinajstić information content (AvgIpc) is 3.09. The number of benzene rings is 1. The maximum atomic E-state index is 12.5. The molecule has 2 aliphatic rings. The lowest BCUT2D eigenvalue weighted by Gasteiger charge is -2.23. The van der Waals surface area contributed by atoms with Gasteiger partial charge in [0.15, 0.2) is 17.6 Å². The van der Waals surface area contributed by atoms with Gasteiger partial charge in [-0.05, 0) is 43.5 Å². The molecular formula is C21H26ClNO5. The minimum Gasteiger partial charge on any atom is -0.489 e. The van der Waals surface area contributed by atoms with Gasteiger partial charge >= 0.3 is 5.97 Å². The molecule has 2 heterocycles. The molecule has 6 nitrogen and oxygen atoms in total. The third kappa shape index (κ3) is 5.41. The SMILES string of the molecule is C[C@H](OC(=O)/C=C/c1cc(Cl)c2c(c1)OCCCO2)C(=O)N1CCCCCC1. The number of ether oxygens (including phenoxy) is 3. The van der Waals surface area contributed by atoms with Crippen LogP contribution in [0.3, 0.4) is 0 Å². The molecule has 1 aromatic rings. The predicted octanol–water partition coefficient (Wildman–Crippen LogP) is 3.85. The van der Waals surface area contributed by atoms with Crippen LogP contribution in [0.1, 0.15) is 44.6 Å². The second-order valence-electron chi connectivity index (χ2n) is 7.03. The Morgan fingerprint density at radius 2 is 1.82 bits per heavy atom. The summed E-state index contributed by atoms with van der Waals surface area (Å²) in [5.74, 6) is 0.375. The van der Waals surface area contributed by atoms with E-state index in [4.69, 9.17) is 25.8 Å². The zero-order valence-corrected chi connectivity index (χ0v) is 16.9. The lowest BCUT2D eigenvalue weighted by atomic mass is 10.2. The van der Waals surface area contributed by atoms with E-state index >= 15 is 0 Å². The van der Waals surface area contributed by atoms with Crippen LogP contribution in [0.25, 0.3) is 6.08 Å². The van der Waals surface area contributed by atoms with Crippen molar-refractivity contribution < 1.29 is 23.8 Å². The van der Waals surface area contributed by atoms with Crippen LogP contribution in [0.5, 0.6) is 11.5 Å². The standard InChI is InChI=1S/C21H26ClNO5/c1-15(21(25)23-9-4-2-3-5-10-23)28-19(24)8-7-16-13-17(22)20-18(14-16)26-11-6-12-27-20/h7-8,13-15H,2-6,9-12H2,1H3/b8-7+/t15-/m0/s1. The molecule has 0 spiro atoms. The zero-order valence-electron chi connectivity index (χ0n) is 16.1. The zero-order chi connectivity index (χ0) is 19.9. The first kappa shape index (κ1) is 20.5. The van der Waals surface area contributed by atoms with Crippen molar-refractivity contribution in [3.05, 3.63) is 28.8 Å². The molecule has 0 radical (unpaired) electrons. The van der Waals surface area contributed by atoms with Crippen molar-refractivity contribution in [1.82, 2.24) is 4.90 Å². The third-order valence-corrected chi connectivity index (χ3v) is 5.08. The average molecular weight is 408 g/mol. The lowest BCUT2D eigenvalue weighted by molar-refractivity contribution is -0.155. The van der Waals surface area contributed by atoms with E-state index in [1.807, 2.05) is 0 Å². The molecule has 0 N–H and O–H groups in total. The molecule has 0 aliphatic carbocycles. The second-order valence-corrected chi connectivity index (χ2v) is 7.44. The van der Waals surface area contributed by atoms with Crippen LogP contribution in [-0.2, 0) is 14.3 Å². The molecule has 1 saturated heterocycles. The molecule has 1 aromatic carbocycles. The molecule has 0 aromatic heterocycles. The smallest absolute Gasteiger partial charge is 0.331 e. The molecule has 28 heavy (non-hydrogen) atoms. The van der Waals surface area contributed by atoms with Crippen molar-refractivity contribution >= 4 is 29.6 Å². The number of fused-ring (bicyclic) bond motifs is 1. The minimum atomic E-state index is -0.803. The number of rotatable bonds is 4. The first-order chi connectivity index (χ1) is 13.5. The molecule has 1 atom stereocenters. The van der Waals surface area contributed by atoms with Crippen molar-refractivity contribution in [3.8, 4) is 11.5 Å². The van der Waals surface area contributed by atoms with E-state index in [0.717, 1.165) is 45.2 Å². The van der Waals surface area contributed by atoms with Crippen LogP contribution in [0.2, 0.25) is 5.02 Å². The molecule has 0 saturated carbocycles. The molecule has 3 rings (SSSR count). The fourth-order valence-electron chi connectivity index (χ4n) is 3.32. The maximum absolute atomic E-state index is 12.5. The largest absolute Gasteiger partial charge is 0.489 e. The van der Waals surface area contributed by atoms with E-state index in [0.29, 0.717) is 35.3 Å². The number of nitrogens with zero attached hydrogens (tertiary/aromatic N) is 1. The van der Waals surface area contributed by atoms with Gasteiger partial charge < -0.3 is 19.1 Å². The molecule has 7 heteroatoms. The number of halogens is 1. The molecular weight excluding hydrogens is 382 g/mol. The fourth-order valence-corrected chi connectivity index (χ4v) is 3.60. The van der Waals surface area contributed by atoms with Crippen LogP contribution in [0.15, 0.2) is 18.2 Å². The van der Waals surface area contributed by atoms with Crippen LogP contribution in [-0.4, -0.2) is 49.2 Å². The van der Waals surface area contributed by atoms with Crippen molar-refractivity contribution in [3.63, 3.8) is 0 Å². The van der Waals surface area contributed by atoms with Gasteiger partial charge in [0.25, 0.3) is 5.91 Å². The Kier molecular flexibility index (Phi) is 7.20. The lowest BCUT2D eigenvalue weighted by Crippen LogP contribution is -2.40. The van der Waals surface area contributed by atoms with Gasteiger partial charge in [-0.25, -0.2) is 4.79 Å². The topological polar surface area (TPSA) is 65.1 Å². The van der Waals surface area contributed by atoms with E-state index < -0.39 is 12.1 Å². The number of amides is 1. The Balaban J connectivity index is 1.59. The van der Waals surface area contributed by atoms with Crippen molar-refractivity contribution in [1.29, 1.82) is 0 Å². The Bertz CT molecular complexity index is 741. The van der Waals surface area contributed by atoms with E-state index in [2.05, 4.69) is 0 Å². The Hall–Kier alpha value is -2.21. The molecule has 1 fully saturated rings. The number of hydrogen-bond acceptors (Lipinski definition) is 5. The second kappa shape index (κ2) is 9.82. The summed E-state index contributed by atoms with van der Waals surface area (Å²) in [7, 11) is 0. The van der Waals surface area contributed by atoms with E-state index in [-0.39, 0.29) is 5.91 Å². The number of likely N-dealkylation sites (tertiary alicyclic amines) is 1. The summed E-state index contributed by atoms with van der Waals surface area (Å²) < 4.78 is 16.5. The van der Waals surface area contributed by atoms with Crippen LogP contribution >= 0.6 is 11.6 Å². The minimum absolute atomic E-state index is 0.137. The van der Waals surface area contributed by atoms with E-state index in [1.54, 1.807) is 30.0 Å². The summed E-state index contributed by atoms with van der Waals surface area (Å²) in [6.07, 6.45) is 7.13.